The number of para-hydroxylation sites is 2. The number of carbonyl (C=O) groups is 3. The molecule has 3 heterocycles. The number of urea groups is 1. The molecular weight excluding hydrogens is 424 g/mol. The highest BCUT2D eigenvalue weighted by atomic mass is 16.5. The summed E-state index contributed by atoms with van der Waals surface area (Å²) in [5, 5.41) is 5.61. The number of anilines is 1. The third-order valence-corrected chi connectivity index (χ3v) is 6.30. The molecule has 1 aromatic rings. The van der Waals surface area contributed by atoms with Gasteiger partial charge in [0.1, 0.15) is 5.75 Å². The summed E-state index contributed by atoms with van der Waals surface area (Å²) < 4.78 is 11.4. The van der Waals surface area contributed by atoms with E-state index in [1.165, 1.54) is 0 Å². The molecular formula is C24H32N4O5. The molecule has 4 rings (SSSR count). The molecule has 1 saturated heterocycles. The number of hydrogen-bond acceptors (Lipinski definition) is 6. The Labute approximate surface area is 194 Å². The third kappa shape index (κ3) is 4.91. The molecule has 1 aromatic carbocycles. The lowest BCUT2D eigenvalue weighted by Gasteiger charge is -2.39. The number of likely N-dealkylation sites (tertiary alicyclic amines) is 1. The Kier molecular flexibility index (Phi) is 7.05. The molecule has 2 N–H and O–H groups in total. The lowest BCUT2D eigenvalue weighted by molar-refractivity contribution is -0.140. The van der Waals surface area contributed by atoms with Crippen LogP contribution < -0.4 is 20.3 Å². The Hall–Kier alpha value is -3.23. The third-order valence-electron chi connectivity index (χ3n) is 6.30. The maximum atomic E-state index is 13.2. The quantitative estimate of drug-likeness (QED) is 0.637. The molecule has 9 heteroatoms. The van der Waals surface area contributed by atoms with Crippen molar-refractivity contribution in [3.63, 3.8) is 0 Å². The van der Waals surface area contributed by atoms with Crippen molar-refractivity contribution in [3.8, 4) is 5.75 Å². The zero-order valence-corrected chi connectivity index (χ0v) is 19.3. The van der Waals surface area contributed by atoms with Gasteiger partial charge in [-0.3, -0.25) is 4.79 Å². The standard InChI is InChI=1S/C24H32N4O5/c1-3-16-21(23(30)32-4-2)17(26-24(31)25-16)14-28-15-20(22(29)27-12-8-5-9-13-27)33-19-11-7-6-10-18(19)28/h6-7,10-11,16,20H,3-5,8-9,12-15H2,1-2H3,(H2,25,26,31)/t16-,20-/m0/s1. The number of nitrogens with zero attached hydrogens (tertiary/aromatic N) is 2. The number of amides is 3. The fourth-order valence-corrected chi connectivity index (χ4v) is 4.68. The first-order valence-corrected chi connectivity index (χ1v) is 11.8. The number of ether oxygens (including phenoxy) is 2. The number of rotatable bonds is 6. The van der Waals surface area contributed by atoms with Crippen LogP contribution in [-0.2, 0) is 14.3 Å². The maximum absolute atomic E-state index is 13.2. The van der Waals surface area contributed by atoms with Crippen LogP contribution in [-0.4, -0.2) is 67.7 Å². The van der Waals surface area contributed by atoms with Crippen molar-refractivity contribution in [2.45, 2.75) is 51.7 Å². The molecule has 0 aliphatic carbocycles. The zero-order chi connectivity index (χ0) is 23.4. The van der Waals surface area contributed by atoms with E-state index in [1.54, 1.807) is 6.92 Å². The van der Waals surface area contributed by atoms with E-state index < -0.39 is 18.1 Å². The minimum atomic E-state index is -0.649. The topological polar surface area (TPSA) is 100 Å². The number of benzene rings is 1. The van der Waals surface area contributed by atoms with Crippen LogP contribution in [0.3, 0.4) is 0 Å². The van der Waals surface area contributed by atoms with Crippen LogP contribution in [0.25, 0.3) is 0 Å². The molecule has 3 aliphatic heterocycles. The predicted molar refractivity (Wildman–Crippen MR) is 123 cm³/mol. The first kappa shape index (κ1) is 22.9. The zero-order valence-electron chi connectivity index (χ0n) is 19.3. The van der Waals surface area contributed by atoms with Crippen molar-refractivity contribution in [2.24, 2.45) is 0 Å². The van der Waals surface area contributed by atoms with Gasteiger partial charge in [0.05, 0.1) is 42.7 Å². The summed E-state index contributed by atoms with van der Waals surface area (Å²) in [6.45, 7) is 5.98. The average Bonchev–Trinajstić information content (AvgIpc) is 2.83. The molecule has 178 valence electrons. The number of piperidine rings is 1. The molecule has 0 bridgehead atoms. The first-order valence-electron chi connectivity index (χ1n) is 11.8. The lowest BCUT2D eigenvalue weighted by atomic mass is 9.99. The number of carbonyl (C=O) groups excluding carboxylic acids is 3. The van der Waals surface area contributed by atoms with Crippen LogP contribution in [0.2, 0.25) is 0 Å². The number of hydrogen-bond donors (Lipinski definition) is 2. The van der Waals surface area contributed by atoms with Crippen molar-refractivity contribution in [2.75, 3.05) is 37.7 Å². The van der Waals surface area contributed by atoms with E-state index in [9.17, 15) is 14.4 Å². The molecule has 0 saturated carbocycles. The SMILES string of the molecule is CCOC(=O)C1=C(CN2C[C@@H](C(=O)N3CCCCC3)Oc3ccccc32)NC(=O)N[C@H]1CC. The van der Waals surface area contributed by atoms with Gasteiger partial charge < -0.3 is 29.9 Å². The molecule has 2 atom stereocenters. The van der Waals surface area contributed by atoms with Crippen molar-refractivity contribution < 1.29 is 23.9 Å². The van der Waals surface area contributed by atoms with E-state index in [-0.39, 0.29) is 25.1 Å². The summed E-state index contributed by atoms with van der Waals surface area (Å²) in [6.07, 6.45) is 3.06. The summed E-state index contributed by atoms with van der Waals surface area (Å²) in [5.41, 5.74) is 1.73. The van der Waals surface area contributed by atoms with E-state index in [4.69, 9.17) is 9.47 Å². The number of nitrogens with one attached hydrogen (secondary N) is 2. The maximum Gasteiger partial charge on any atom is 0.337 e. The van der Waals surface area contributed by atoms with Gasteiger partial charge in [0, 0.05) is 13.1 Å². The van der Waals surface area contributed by atoms with Gasteiger partial charge in [-0.15, -0.1) is 0 Å². The molecule has 1 fully saturated rings. The minimum Gasteiger partial charge on any atom is -0.477 e. The second kappa shape index (κ2) is 10.1. The molecule has 0 unspecified atom stereocenters. The predicted octanol–water partition coefficient (Wildman–Crippen LogP) is 2.18. The summed E-state index contributed by atoms with van der Waals surface area (Å²) in [6, 6.07) is 6.74. The van der Waals surface area contributed by atoms with Crippen molar-refractivity contribution >= 4 is 23.6 Å². The number of esters is 1. The van der Waals surface area contributed by atoms with Crippen LogP contribution >= 0.6 is 0 Å². The highest BCUT2D eigenvalue weighted by molar-refractivity contribution is 5.95. The Morgan fingerprint density at radius 2 is 1.91 bits per heavy atom. The first-order chi connectivity index (χ1) is 16.0. The number of fused-ring (bicyclic) bond motifs is 1. The van der Waals surface area contributed by atoms with Gasteiger partial charge in [-0.2, -0.15) is 0 Å². The van der Waals surface area contributed by atoms with E-state index in [2.05, 4.69) is 10.6 Å². The fraction of sp³-hybridized carbons (Fsp3) is 0.542. The highest BCUT2D eigenvalue weighted by Gasteiger charge is 2.37. The Bertz CT molecular complexity index is 941. The summed E-state index contributed by atoms with van der Waals surface area (Å²) in [4.78, 5) is 42.2. The molecule has 3 amide bonds. The van der Waals surface area contributed by atoms with E-state index in [1.807, 2.05) is 41.0 Å². The van der Waals surface area contributed by atoms with E-state index in [0.29, 0.717) is 30.0 Å². The fourth-order valence-electron chi connectivity index (χ4n) is 4.68. The minimum absolute atomic E-state index is 0.0189. The second-order valence-corrected chi connectivity index (χ2v) is 8.51. The van der Waals surface area contributed by atoms with E-state index >= 15 is 0 Å². The second-order valence-electron chi connectivity index (χ2n) is 8.51. The molecule has 3 aliphatic rings. The average molecular weight is 457 g/mol. The van der Waals surface area contributed by atoms with E-state index in [0.717, 1.165) is 38.0 Å². The van der Waals surface area contributed by atoms with Gasteiger partial charge >= 0.3 is 12.0 Å². The monoisotopic (exact) mass is 456 g/mol. The van der Waals surface area contributed by atoms with Gasteiger partial charge in [0.25, 0.3) is 5.91 Å². The van der Waals surface area contributed by atoms with Crippen LogP contribution in [0.5, 0.6) is 5.75 Å². The van der Waals surface area contributed by atoms with Gasteiger partial charge in [-0.25, -0.2) is 9.59 Å². The normalized spacial score (nSPS) is 22.7. The molecule has 0 aromatic heterocycles. The molecule has 0 radical (unpaired) electrons. The van der Waals surface area contributed by atoms with Crippen LogP contribution in [0, 0.1) is 0 Å². The van der Waals surface area contributed by atoms with Crippen LogP contribution in [0.15, 0.2) is 35.5 Å². The smallest absolute Gasteiger partial charge is 0.337 e. The van der Waals surface area contributed by atoms with Crippen LogP contribution in [0.4, 0.5) is 10.5 Å². The molecule has 9 nitrogen and oxygen atoms in total. The summed E-state index contributed by atoms with van der Waals surface area (Å²) >= 11 is 0. The van der Waals surface area contributed by atoms with Crippen molar-refractivity contribution in [1.29, 1.82) is 0 Å². The Morgan fingerprint density at radius 1 is 1.15 bits per heavy atom. The highest BCUT2D eigenvalue weighted by Crippen LogP contribution is 2.34. The van der Waals surface area contributed by atoms with Crippen molar-refractivity contribution in [3.05, 3.63) is 35.5 Å². The van der Waals surface area contributed by atoms with Gasteiger partial charge in [0.2, 0.25) is 0 Å². The molecule has 33 heavy (non-hydrogen) atoms. The summed E-state index contributed by atoms with van der Waals surface area (Å²) in [7, 11) is 0. The van der Waals surface area contributed by atoms with Gasteiger partial charge in [-0.1, -0.05) is 19.1 Å². The van der Waals surface area contributed by atoms with Crippen LogP contribution in [0.1, 0.15) is 39.5 Å². The van der Waals surface area contributed by atoms with Gasteiger partial charge in [0.15, 0.2) is 6.10 Å². The lowest BCUT2D eigenvalue weighted by Crippen LogP contribution is -2.55. The molecule has 0 spiro atoms. The Balaban J connectivity index is 1.64. The van der Waals surface area contributed by atoms with Crippen molar-refractivity contribution in [1.82, 2.24) is 15.5 Å². The Morgan fingerprint density at radius 3 is 2.64 bits per heavy atom. The van der Waals surface area contributed by atoms with Gasteiger partial charge in [-0.05, 0) is 44.7 Å². The summed E-state index contributed by atoms with van der Waals surface area (Å²) in [5.74, 6) is 0.147. The largest absolute Gasteiger partial charge is 0.477 e.